The van der Waals surface area contributed by atoms with E-state index in [1.807, 2.05) is 20.0 Å². The monoisotopic (exact) mass is 224 g/mol. The first kappa shape index (κ1) is 13.3. The zero-order chi connectivity index (χ0) is 12.3. The summed E-state index contributed by atoms with van der Waals surface area (Å²) in [6.07, 6.45) is 4.86. The average molecular weight is 224 g/mol. The molecule has 1 rings (SSSR count). The van der Waals surface area contributed by atoms with Gasteiger partial charge in [0.25, 0.3) is 0 Å². The molecule has 1 aromatic rings. The highest BCUT2D eigenvalue weighted by molar-refractivity contribution is 5.15. The molecule has 3 heteroatoms. The maximum atomic E-state index is 9.65. The molecule has 0 saturated heterocycles. The van der Waals surface area contributed by atoms with Gasteiger partial charge in [0.2, 0.25) is 0 Å². The fraction of sp³-hybridized carbons (Fsp3) is 0.692. The Morgan fingerprint density at radius 3 is 2.56 bits per heavy atom. The quantitative estimate of drug-likeness (QED) is 0.806. The van der Waals surface area contributed by atoms with Gasteiger partial charge in [-0.05, 0) is 37.8 Å². The molecule has 1 unspecified atom stereocenters. The van der Waals surface area contributed by atoms with E-state index in [1.54, 1.807) is 0 Å². The van der Waals surface area contributed by atoms with Gasteiger partial charge in [-0.3, -0.25) is 0 Å². The Morgan fingerprint density at radius 1 is 1.44 bits per heavy atom. The second-order valence-corrected chi connectivity index (χ2v) is 5.51. The minimum atomic E-state index is -0.607. The Balaban J connectivity index is 2.58. The number of rotatable bonds is 5. The second-order valence-electron chi connectivity index (χ2n) is 5.51. The molecular formula is C13H24N2O. The van der Waals surface area contributed by atoms with Crippen molar-refractivity contribution in [3.05, 3.63) is 24.0 Å². The molecule has 0 aliphatic rings. The van der Waals surface area contributed by atoms with Gasteiger partial charge in [-0.1, -0.05) is 13.8 Å². The number of nitrogens with zero attached hydrogens (tertiary/aromatic N) is 1. The van der Waals surface area contributed by atoms with Gasteiger partial charge in [0.15, 0.2) is 0 Å². The van der Waals surface area contributed by atoms with Crippen LogP contribution in [-0.2, 0) is 6.54 Å². The van der Waals surface area contributed by atoms with Crippen molar-refractivity contribution in [1.29, 1.82) is 0 Å². The molecule has 0 saturated carbocycles. The molecule has 0 aliphatic heterocycles. The van der Waals surface area contributed by atoms with Crippen LogP contribution in [0.15, 0.2) is 18.5 Å². The third-order valence-electron chi connectivity index (χ3n) is 2.86. The van der Waals surface area contributed by atoms with Crippen LogP contribution in [0.25, 0.3) is 0 Å². The first-order valence-corrected chi connectivity index (χ1v) is 5.93. The fourth-order valence-electron chi connectivity index (χ4n) is 1.58. The summed E-state index contributed by atoms with van der Waals surface area (Å²) >= 11 is 0. The zero-order valence-electron chi connectivity index (χ0n) is 10.8. The lowest BCUT2D eigenvalue weighted by molar-refractivity contribution is 0.0662. The summed E-state index contributed by atoms with van der Waals surface area (Å²) in [6, 6.07) is 2.16. The van der Waals surface area contributed by atoms with Crippen molar-refractivity contribution < 1.29 is 5.11 Å². The highest BCUT2D eigenvalue weighted by Gasteiger charge is 2.14. The summed E-state index contributed by atoms with van der Waals surface area (Å²) < 4.78 is 2.09. The van der Waals surface area contributed by atoms with E-state index >= 15 is 0 Å². The van der Waals surface area contributed by atoms with Crippen LogP contribution in [0.4, 0.5) is 0 Å². The first-order valence-electron chi connectivity index (χ1n) is 5.93. The topological polar surface area (TPSA) is 51.2 Å². The molecule has 0 bridgehead atoms. The third-order valence-corrected chi connectivity index (χ3v) is 2.86. The summed E-state index contributed by atoms with van der Waals surface area (Å²) in [7, 11) is 0. The number of nitrogens with two attached hydrogens (primary N) is 1. The van der Waals surface area contributed by atoms with Gasteiger partial charge in [0.1, 0.15) is 0 Å². The predicted octanol–water partition coefficient (Wildman–Crippen LogP) is 2.30. The van der Waals surface area contributed by atoms with Crippen LogP contribution in [0.5, 0.6) is 0 Å². The van der Waals surface area contributed by atoms with Crippen molar-refractivity contribution >= 4 is 0 Å². The summed E-state index contributed by atoms with van der Waals surface area (Å²) in [5, 5.41) is 9.65. The van der Waals surface area contributed by atoms with Crippen LogP contribution in [-0.4, -0.2) is 15.3 Å². The largest absolute Gasteiger partial charge is 0.390 e. The Labute approximate surface area is 98.3 Å². The van der Waals surface area contributed by atoms with Gasteiger partial charge in [-0.25, -0.2) is 0 Å². The van der Waals surface area contributed by atoms with Gasteiger partial charge >= 0.3 is 0 Å². The van der Waals surface area contributed by atoms with Crippen LogP contribution in [0.1, 0.15) is 45.7 Å². The minimum absolute atomic E-state index is 0.100. The van der Waals surface area contributed by atoms with E-state index in [9.17, 15) is 5.11 Å². The Hall–Kier alpha value is -0.800. The molecule has 0 aromatic carbocycles. The molecule has 16 heavy (non-hydrogen) atoms. The van der Waals surface area contributed by atoms with E-state index in [0.717, 1.165) is 13.0 Å². The van der Waals surface area contributed by atoms with E-state index in [2.05, 4.69) is 30.7 Å². The lowest BCUT2D eigenvalue weighted by Crippen LogP contribution is -2.20. The Kier molecular flexibility index (Phi) is 4.16. The van der Waals surface area contributed by atoms with Crippen molar-refractivity contribution in [2.75, 3.05) is 0 Å². The second kappa shape index (κ2) is 5.02. The SMILES string of the molecule is CC(C)C(N)c1ccn(CCC(C)(C)O)c1. The summed E-state index contributed by atoms with van der Waals surface area (Å²) in [6.45, 7) is 8.74. The van der Waals surface area contributed by atoms with E-state index in [0.29, 0.717) is 5.92 Å². The molecule has 3 nitrogen and oxygen atoms in total. The van der Waals surface area contributed by atoms with Gasteiger partial charge in [0.05, 0.1) is 5.60 Å². The van der Waals surface area contributed by atoms with Gasteiger partial charge < -0.3 is 15.4 Å². The van der Waals surface area contributed by atoms with Gasteiger partial charge in [-0.15, -0.1) is 0 Å². The van der Waals surface area contributed by atoms with Crippen LogP contribution >= 0.6 is 0 Å². The number of aromatic nitrogens is 1. The minimum Gasteiger partial charge on any atom is -0.390 e. The van der Waals surface area contributed by atoms with Crippen molar-refractivity contribution in [3.63, 3.8) is 0 Å². The summed E-state index contributed by atoms with van der Waals surface area (Å²) in [4.78, 5) is 0. The number of aliphatic hydroxyl groups is 1. The number of hydrogen-bond donors (Lipinski definition) is 2. The molecule has 1 heterocycles. The maximum absolute atomic E-state index is 9.65. The molecule has 0 amide bonds. The Morgan fingerprint density at radius 2 is 2.06 bits per heavy atom. The molecule has 0 aliphatic carbocycles. The average Bonchev–Trinajstić information content (AvgIpc) is 2.60. The highest BCUT2D eigenvalue weighted by Crippen LogP contribution is 2.19. The van der Waals surface area contributed by atoms with Crippen molar-refractivity contribution in [2.24, 2.45) is 11.7 Å². The smallest absolute Gasteiger partial charge is 0.0608 e. The Bertz CT molecular complexity index is 323. The highest BCUT2D eigenvalue weighted by atomic mass is 16.3. The predicted molar refractivity (Wildman–Crippen MR) is 67.1 cm³/mol. The molecule has 3 N–H and O–H groups in total. The molecule has 0 spiro atoms. The molecular weight excluding hydrogens is 200 g/mol. The number of hydrogen-bond acceptors (Lipinski definition) is 2. The fourth-order valence-corrected chi connectivity index (χ4v) is 1.58. The molecule has 92 valence electrons. The number of aryl methyl sites for hydroxylation is 1. The maximum Gasteiger partial charge on any atom is 0.0608 e. The van der Waals surface area contributed by atoms with Crippen LogP contribution in [0, 0.1) is 5.92 Å². The van der Waals surface area contributed by atoms with Crippen LogP contribution in [0.3, 0.4) is 0 Å². The summed E-state index contributed by atoms with van der Waals surface area (Å²) in [5.74, 6) is 0.449. The van der Waals surface area contributed by atoms with E-state index in [-0.39, 0.29) is 6.04 Å². The van der Waals surface area contributed by atoms with E-state index in [1.165, 1.54) is 5.56 Å². The molecule has 1 aromatic heterocycles. The standard InChI is InChI=1S/C13H24N2O/c1-10(2)12(14)11-5-7-15(9-11)8-6-13(3,4)16/h5,7,9-10,12,16H,6,8,14H2,1-4H3. The van der Waals surface area contributed by atoms with Crippen molar-refractivity contribution in [1.82, 2.24) is 4.57 Å². The third kappa shape index (κ3) is 3.99. The van der Waals surface area contributed by atoms with Crippen molar-refractivity contribution in [3.8, 4) is 0 Å². The lowest BCUT2D eigenvalue weighted by atomic mass is 10.00. The molecule has 0 fully saturated rings. The normalized spacial score (nSPS) is 14.4. The van der Waals surface area contributed by atoms with Gasteiger partial charge in [-0.2, -0.15) is 0 Å². The lowest BCUT2D eigenvalue weighted by Gasteiger charge is -2.17. The molecule has 0 radical (unpaired) electrons. The van der Waals surface area contributed by atoms with Gasteiger partial charge in [0, 0.05) is 25.0 Å². The van der Waals surface area contributed by atoms with Crippen LogP contribution < -0.4 is 5.73 Å². The first-order chi connectivity index (χ1) is 7.29. The molecule has 1 atom stereocenters. The van der Waals surface area contributed by atoms with Crippen LogP contribution in [0.2, 0.25) is 0 Å². The van der Waals surface area contributed by atoms with Crippen molar-refractivity contribution in [2.45, 2.75) is 52.3 Å². The summed E-state index contributed by atoms with van der Waals surface area (Å²) in [5.41, 5.74) is 6.64. The van der Waals surface area contributed by atoms with E-state index < -0.39 is 5.60 Å². The van der Waals surface area contributed by atoms with E-state index in [4.69, 9.17) is 5.73 Å². The zero-order valence-corrected chi connectivity index (χ0v) is 10.8.